The van der Waals surface area contributed by atoms with E-state index in [2.05, 4.69) is 6.92 Å². The van der Waals surface area contributed by atoms with Gasteiger partial charge in [0.15, 0.2) is 0 Å². The summed E-state index contributed by atoms with van der Waals surface area (Å²) < 4.78 is 44.5. The fourth-order valence-electron chi connectivity index (χ4n) is 2.53. The first-order valence-electron chi connectivity index (χ1n) is 9.57. The first kappa shape index (κ1) is 24.3. The first-order valence-corrected chi connectivity index (χ1v) is 11.0. The fraction of sp³-hybridized carbons (Fsp3) is 0.944. The molecular weight excluding hydrogens is 344 g/mol. The molecule has 0 heterocycles. The van der Waals surface area contributed by atoms with Crippen molar-refractivity contribution in [2.75, 3.05) is 13.2 Å². The van der Waals surface area contributed by atoms with Crippen LogP contribution in [0.15, 0.2) is 0 Å². The molecule has 0 fully saturated rings. The molecule has 0 amide bonds. The molecule has 0 rings (SSSR count). The zero-order chi connectivity index (χ0) is 19.3. The van der Waals surface area contributed by atoms with Crippen molar-refractivity contribution in [1.29, 1.82) is 0 Å². The summed E-state index contributed by atoms with van der Waals surface area (Å²) in [4.78, 5) is 10.3. The summed E-state index contributed by atoms with van der Waals surface area (Å²) in [7, 11) is -4.75. The molecule has 1 N–H and O–H groups in total. The zero-order valence-corrected chi connectivity index (χ0v) is 17.1. The Morgan fingerprint density at radius 1 is 1.04 bits per heavy atom. The van der Waals surface area contributed by atoms with Gasteiger partial charge in [-0.15, -0.1) is 0 Å². The van der Waals surface area contributed by atoms with Gasteiger partial charge in [0.05, 0.1) is 6.61 Å². The van der Waals surface area contributed by atoms with Crippen molar-refractivity contribution in [3.05, 3.63) is 0 Å². The molecule has 0 radical (unpaired) electrons. The van der Waals surface area contributed by atoms with Gasteiger partial charge in [-0.3, -0.25) is 4.55 Å². The molecule has 0 aromatic rings. The summed E-state index contributed by atoms with van der Waals surface area (Å²) in [5, 5.41) is 0. The van der Waals surface area contributed by atoms with E-state index in [-0.39, 0.29) is 25.6 Å². The third-order valence-corrected chi connectivity index (χ3v) is 5.74. The largest absolute Gasteiger partial charge is 0.462 e. The van der Waals surface area contributed by atoms with E-state index in [0.29, 0.717) is 19.3 Å². The minimum atomic E-state index is -4.75. The van der Waals surface area contributed by atoms with Gasteiger partial charge >= 0.3 is 16.1 Å². The van der Waals surface area contributed by atoms with Crippen LogP contribution in [-0.4, -0.2) is 37.1 Å². The average molecular weight is 381 g/mol. The number of rotatable bonds is 15. The maximum atomic E-state index is 12.6. The van der Waals surface area contributed by atoms with E-state index in [4.69, 9.17) is 9.47 Å². The van der Waals surface area contributed by atoms with Gasteiger partial charge in [-0.25, -0.2) is 4.79 Å². The SMILES string of the molecule is CCCCOC(CCCC)(C(=O)OCC(CC)CCCC)S(=O)(=O)O. The van der Waals surface area contributed by atoms with Crippen molar-refractivity contribution >= 4 is 16.1 Å². The monoisotopic (exact) mass is 380 g/mol. The Labute approximate surface area is 153 Å². The number of hydrogen-bond donors (Lipinski definition) is 1. The summed E-state index contributed by atoms with van der Waals surface area (Å²) in [5.41, 5.74) is 0. The lowest BCUT2D eigenvalue weighted by atomic mass is 10.0. The van der Waals surface area contributed by atoms with Crippen molar-refractivity contribution in [3.63, 3.8) is 0 Å². The minimum absolute atomic E-state index is 0.0855. The van der Waals surface area contributed by atoms with Crippen LogP contribution < -0.4 is 0 Å². The first-order chi connectivity index (χ1) is 11.8. The van der Waals surface area contributed by atoms with E-state index < -0.39 is 21.0 Å². The molecule has 25 heavy (non-hydrogen) atoms. The summed E-state index contributed by atoms with van der Waals surface area (Å²) in [6, 6.07) is 0. The molecule has 2 unspecified atom stereocenters. The Balaban J connectivity index is 5.23. The van der Waals surface area contributed by atoms with Gasteiger partial charge in [0.2, 0.25) is 0 Å². The minimum Gasteiger partial charge on any atom is -0.462 e. The molecule has 0 bridgehead atoms. The molecule has 0 aliphatic heterocycles. The highest BCUT2D eigenvalue weighted by Crippen LogP contribution is 2.28. The topological polar surface area (TPSA) is 89.9 Å². The van der Waals surface area contributed by atoms with Crippen LogP contribution in [-0.2, 0) is 24.4 Å². The average Bonchev–Trinajstić information content (AvgIpc) is 2.56. The smallest absolute Gasteiger partial charge is 0.357 e. The fourth-order valence-corrected chi connectivity index (χ4v) is 3.44. The van der Waals surface area contributed by atoms with Crippen molar-refractivity contribution < 1.29 is 27.2 Å². The number of carbonyl (C=O) groups is 1. The molecule has 0 aliphatic carbocycles. The van der Waals surface area contributed by atoms with E-state index in [1.165, 1.54) is 0 Å². The summed E-state index contributed by atoms with van der Waals surface area (Å²) >= 11 is 0. The van der Waals surface area contributed by atoms with Crippen LogP contribution in [0.4, 0.5) is 0 Å². The molecule has 0 aliphatic rings. The third-order valence-electron chi connectivity index (χ3n) is 4.41. The quantitative estimate of drug-likeness (QED) is 0.258. The van der Waals surface area contributed by atoms with Gasteiger partial charge in [0.1, 0.15) is 0 Å². The van der Waals surface area contributed by atoms with Crippen LogP contribution in [0.2, 0.25) is 0 Å². The van der Waals surface area contributed by atoms with Crippen LogP contribution in [0.1, 0.15) is 85.5 Å². The van der Waals surface area contributed by atoms with Crippen LogP contribution in [0.3, 0.4) is 0 Å². The molecule has 0 aromatic carbocycles. The van der Waals surface area contributed by atoms with Gasteiger partial charge in [-0.1, -0.05) is 59.8 Å². The molecular formula is C18H36O6S. The molecule has 0 saturated heterocycles. The number of unbranched alkanes of at least 4 members (excludes halogenated alkanes) is 3. The Bertz CT molecular complexity index is 462. The summed E-state index contributed by atoms with van der Waals surface area (Å²) in [5.74, 6) is -0.806. The highest BCUT2D eigenvalue weighted by atomic mass is 32.2. The van der Waals surface area contributed by atoms with Gasteiger partial charge < -0.3 is 9.47 Å². The van der Waals surface area contributed by atoms with Gasteiger partial charge in [-0.05, 0) is 25.2 Å². The molecule has 0 aromatic heterocycles. The summed E-state index contributed by atoms with van der Waals surface area (Å²) in [6.45, 7) is 8.15. The van der Waals surface area contributed by atoms with Crippen molar-refractivity contribution in [2.45, 2.75) is 90.4 Å². The second-order valence-electron chi connectivity index (χ2n) is 6.55. The Morgan fingerprint density at radius 2 is 1.64 bits per heavy atom. The standard InChI is InChI=1S/C18H36O6S/c1-5-9-12-16(8-4)15-23-17(19)18(13-10-6-2,25(20,21)22)24-14-11-7-3/h16H,5-15H2,1-4H3,(H,20,21,22). The highest BCUT2D eigenvalue weighted by molar-refractivity contribution is 7.87. The van der Waals surface area contributed by atoms with E-state index in [1.54, 1.807) is 0 Å². The van der Waals surface area contributed by atoms with Crippen molar-refractivity contribution in [2.24, 2.45) is 5.92 Å². The van der Waals surface area contributed by atoms with Crippen LogP contribution >= 0.6 is 0 Å². The lowest BCUT2D eigenvalue weighted by Crippen LogP contribution is -2.50. The van der Waals surface area contributed by atoms with Crippen molar-refractivity contribution in [1.82, 2.24) is 0 Å². The number of ether oxygens (including phenoxy) is 2. The number of hydrogen-bond acceptors (Lipinski definition) is 5. The lowest BCUT2D eigenvalue weighted by Gasteiger charge is -2.29. The molecule has 7 heteroatoms. The van der Waals surface area contributed by atoms with E-state index in [1.807, 2.05) is 20.8 Å². The van der Waals surface area contributed by atoms with Gasteiger partial charge in [0, 0.05) is 13.0 Å². The number of carbonyl (C=O) groups excluding carboxylic acids is 1. The van der Waals surface area contributed by atoms with Crippen molar-refractivity contribution in [3.8, 4) is 0 Å². The second-order valence-corrected chi connectivity index (χ2v) is 8.16. The van der Waals surface area contributed by atoms with E-state index >= 15 is 0 Å². The Hall–Kier alpha value is -0.660. The van der Waals surface area contributed by atoms with Crippen LogP contribution in [0.25, 0.3) is 0 Å². The van der Waals surface area contributed by atoms with Gasteiger partial charge in [-0.2, -0.15) is 8.42 Å². The van der Waals surface area contributed by atoms with Crippen LogP contribution in [0, 0.1) is 5.92 Å². The molecule has 2 atom stereocenters. The predicted octanol–water partition coefficient (Wildman–Crippen LogP) is 4.34. The molecule has 6 nitrogen and oxygen atoms in total. The maximum absolute atomic E-state index is 12.6. The van der Waals surface area contributed by atoms with E-state index in [9.17, 15) is 17.8 Å². The highest BCUT2D eigenvalue weighted by Gasteiger charge is 2.52. The number of esters is 1. The van der Waals surface area contributed by atoms with Crippen LogP contribution in [0.5, 0.6) is 0 Å². The second kappa shape index (κ2) is 12.7. The molecule has 0 spiro atoms. The third kappa shape index (κ3) is 8.05. The zero-order valence-electron chi connectivity index (χ0n) is 16.3. The Morgan fingerprint density at radius 3 is 2.12 bits per heavy atom. The van der Waals surface area contributed by atoms with Gasteiger partial charge in [0.25, 0.3) is 4.93 Å². The molecule has 0 saturated carbocycles. The van der Waals surface area contributed by atoms with E-state index in [0.717, 1.165) is 32.1 Å². The summed E-state index contributed by atoms with van der Waals surface area (Å²) in [6.07, 6.45) is 6.26. The lowest BCUT2D eigenvalue weighted by molar-refractivity contribution is -0.165. The maximum Gasteiger partial charge on any atom is 0.357 e. The predicted molar refractivity (Wildman–Crippen MR) is 98.9 cm³/mol. The normalized spacial score (nSPS) is 15.6. The molecule has 150 valence electrons. The Kier molecular flexibility index (Phi) is 12.3.